The van der Waals surface area contributed by atoms with Crippen molar-refractivity contribution in [1.29, 1.82) is 0 Å². The number of carbonyl (C=O) groups is 2. The van der Waals surface area contributed by atoms with Crippen molar-refractivity contribution in [2.24, 2.45) is 0 Å². The molecular formula is C18H26N2O4. The molecule has 0 aliphatic heterocycles. The summed E-state index contributed by atoms with van der Waals surface area (Å²) in [5.74, 6) is 0.753. The van der Waals surface area contributed by atoms with Crippen LogP contribution in [0.2, 0.25) is 0 Å². The topological polar surface area (TPSA) is 67.9 Å². The lowest BCUT2D eigenvalue weighted by atomic mass is 9.95. The Balaban J connectivity index is 2.14. The van der Waals surface area contributed by atoms with Gasteiger partial charge < -0.3 is 14.8 Å². The van der Waals surface area contributed by atoms with Gasteiger partial charge in [0.15, 0.2) is 0 Å². The van der Waals surface area contributed by atoms with E-state index >= 15 is 0 Å². The molecule has 1 aliphatic carbocycles. The second-order valence-corrected chi connectivity index (χ2v) is 6.05. The van der Waals surface area contributed by atoms with Crippen molar-refractivity contribution in [3.63, 3.8) is 0 Å². The van der Waals surface area contributed by atoms with E-state index in [0.29, 0.717) is 17.2 Å². The highest BCUT2D eigenvalue weighted by Crippen LogP contribution is 2.32. The Morgan fingerprint density at radius 3 is 2.46 bits per heavy atom. The number of anilines is 1. The first kappa shape index (κ1) is 18.1. The molecule has 0 atom stereocenters. The summed E-state index contributed by atoms with van der Waals surface area (Å²) in [5, 5.41) is 3.04. The third kappa shape index (κ3) is 4.63. The number of nitrogens with zero attached hydrogens (tertiary/aromatic N) is 1. The van der Waals surface area contributed by atoms with E-state index in [-0.39, 0.29) is 24.4 Å². The van der Waals surface area contributed by atoms with Gasteiger partial charge in [0.25, 0.3) is 0 Å². The van der Waals surface area contributed by atoms with Gasteiger partial charge in [0.1, 0.15) is 18.0 Å². The summed E-state index contributed by atoms with van der Waals surface area (Å²) in [6, 6.07) is 5.40. The first-order valence-electron chi connectivity index (χ1n) is 8.34. The Bertz CT molecular complexity index is 582. The number of benzene rings is 1. The maximum absolute atomic E-state index is 12.4. The second kappa shape index (κ2) is 8.57. The van der Waals surface area contributed by atoms with Gasteiger partial charge in [0.05, 0.1) is 19.9 Å². The summed E-state index contributed by atoms with van der Waals surface area (Å²) in [6.45, 7) is 1.40. The predicted octanol–water partition coefficient (Wildman–Crippen LogP) is 2.51. The highest BCUT2D eigenvalue weighted by atomic mass is 16.5. The molecule has 2 rings (SSSR count). The van der Waals surface area contributed by atoms with Gasteiger partial charge in [-0.2, -0.15) is 0 Å². The fourth-order valence-corrected chi connectivity index (χ4v) is 3.04. The van der Waals surface area contributed by atoms with Gasteiger partial charge in [-0.25, -0.2) is 0 Å². The number of carbonyl (C=O) groups excluding carboxylic acids is 2. The molecule has 0 unspecified atom stereocenters. The van der Waals surface area contributed by atoms with Gasteiger partial charge in [-0.1, -0.05) is 19.3 Å². The molecule has 0 radical (unpaired) electrons. The average Bonchev–Trinajstić information content (AvgIpc) is 2.59. The van der Waals surface area contributed by atoms with E-state index in [2.05, 4.69) is 5.32 Å². The van der Waals surface area contributed by atoms with Crippen molar-refractivity contribution in [2.75, 3.05) is 25.7 Å². The zero-order valence-electron chi connectivity index (χ0n) is 14.6. The number of nitrogens with one attached hydrogen (secondary N) is 1. The number of hydrogen-bond donors (Lipinski definition) is 1. The van der Waals surface area contributed by atoms with Crippen molar-refractivity contribution < 1.29 is 19.1 Å². The average molecular weight is 334 g/mol. The zero-order chi connectivity index (χ0) is 17.5. The molecule has 0 aromatic heterocycles. The van der Waals surface area contributed by atoms with Crippen LogP contribution in [0.25, 0.3) is 0 Å². The molecule has 24 heavy (non-hydrogen) atoms. The normalized spacial score (nSPS) is 14.8. The molecule has 6 heteroatoms. The van der Waals surface area contributed by atoms with E-state index in [1.165, 1.54) is 25.4 Å². The number of amides is 2. The van der Waals surface area contributed by atoms with E-state index in [1.54, 1.807) is 25.3 Å². The number of rotatable bonds is 6. The monoisotopic (exact) mass is 334 g/mol. The zero-order valence-corrected chi connectivity index (χ0v) is 14.6. The summed E-state index contributed by atoms with van der Waals surface area (Å²) < 4.78 is 10.5. The van der Waals surface area contributed by atoms with E-state index in [1.807, 2.05) is 0 Å². The second-order valence-electron chi connectivity index (χ2n) is 6.05. The Morgan fingerprint density at radius 2 is 1.88 bits per heavy atom. The molecule has 132 valence electrons. The van der Waals surface area contributed by atoms with E-state index in [4.69, 9.17) is 9.47 Å². The van der Waals surface area contributed by atoms with Crippen LogP contribution in [0.4, 0.5) is 5.69 Å². The van der Waals surface area contributed by atoms with Gasteiger partial charge in [0, 0.05) is 19.0 Å². The Hall–Kier alpha value is -2.24. The SMILES string of the molecule is COc1ccc(OC)c(N(CC(=O)NC2CCCCC2)C(C)=O)c1. The van der Waals surface area contributed by atoms with Crippen LogP contribution in [0, 0.1) is 0 Å². The summed E-state index contributed by atoms with van der Waals surface area (Å²) in [5.41, 5.74) is 0.531. The molecule has 6 nitrogen and oxygen atoms in total. The number of ether oxygens (including phenoxy) is 2. The lowest BCUT2D eigenvalue weighted by Gasteiger charge is -2.26. The van der Waals surface area contributed by atoms with Crippen LogP contribution in [-0.4, -0.2) is 38.6 Å². The van der Waals surface area contributed by atoms with Crippen LogP contribution in [-0.2, 0) is 9.59 Å². The van der Waals surface area contributed by atoms with Crippen LogP contribution in [0.5, 0.6) is 11.5 Å². The Kier molecular flexibility index (Phi) is 6.46. The molecule has 1 aromatic carbocycles. The minimum Gasteiger partial charge on any atom is -0.497 e. The molecule has 1 aliphatic rings. The largest absolute Gasteiger partial charge is 0.497 e. The van der Waals surface area contributed by atoms with Gasteiger partial charge in [0.2, 0.25) is 11.8 Å². The minimum atomic E-state index is -0.222. The smallest absolute Gasteiger partial charge is 0.240 e. The molecule has 0 bridgehead atoms. The van der Waals surface area contributed by atoms with Crippen LogP contribution in [0.3, 0.4) is 0 Å². The van der Waals surface area contributed by atoms with E-state index in [9.17, 15) is 9.59 Å². The number of hydrogen-bond acceptors (Lipinski definition) is 4. The van der Waals surface area contributed by atoms with Crippen molar-refractivity contribution >= 4 is 17.5 Å². The molecule has 0 heterocycles. The highest BCUT2D eigenvalue weighted by Gasteiger charge is 2.22. The van der Waals surface area contributed by atoms with Crippen LogP contribution in [0.15, 0.2) is 18.2 Å². The molecule has 1 aromatic rings. The Morgan fingerprint density at radius 1 is 1.17 bits per heavy atom. The first-order valence-corrected chi connectivity index (χ1v) is 8.34. The third-order valence-electron chi connectivity index (χ3n) is 4.33. The van der Waals surface area contributed by atoms with E-state index < -0.39 is 0 Å². The summed E-state index contributed by atoms with van der Waals surface area (Å²) in [6.07, 6.45) is 5.53. The fraction of sp³-hybridized carbons (Fsp3) is 0.556. The maximum atomic E-state index is 12.4. The van der Waals surface area contributed by atoms with Crippen molar-refractivity contribution in [3.05, 3.63) is 18.2 Å². The van der Waals surface area contributed by atoms with Gasteiger partial charge in [-0.3, -0.25) is 14.5 Å². The van der Waals surface area contributed by atoms with Crippen LogP contribution in [0.1, 0.15) is 39.0 Å². The molecule has 2 amide bonds. The van der Waals surface area contributed by atoms with Gasteiger partial charge >= 0.3 is 0 Å². The third-order valence-corrected chi connectivity index (χ3v) is 4.33. The molecular weight excluding hydrogens is 308 g/mol. The quantitative estimate of drug-likeness (QED) is 0.868. The maximum Gasteiger partial charge on any atom is 0.240 e. The number of methoxy groups -OCH3 is 2. The van der Waals surface area contributed by atoms with Crippen molar-refractivity contribution in [2.45, 2.75) is 45.1 Å². The van der Waals surface area contributed by atoms with Crippen molar-refractivity contribution in [1.82, 2.24) is 5.32 Å². The fourth-order valence-electron chi connectivity index (χ4n) is 3.04. The summed E-state index contributed by atoms with van der Waals surface area (Å²) in [7, 11) is 3.09. The minimum absolute atomic E-state index is 0.0324. The first-order chi connectivity index (χ1) is 11.5. The van der Waals surface area contributed by atoms with Crippen molar-refractivity contribution in [3.8, 4) is 11.5 Å². The van der Waals surface area contributed by atoms with Crippen LogP contribution < -0.4 is 19.7 Å². The Labute approximate surface area is 143 Å². The van der Waals surface area contributed by atoms with E-state index in [0.717, 1.165) is 25.7 Å². The predicted molar refractivity (Wildman–Crippen MR) is 92.6 cm³/mol. The lowest BCUT2D eigenvalue weighted by Crippen LogP contribution is -2.44. The molecule has 1 N–H and O–H groups in total. The van der Waals surface area contributed by atoms with Gasteiger partial charge in [-0.05, 0) is 25.0 Å². The molecule has 1 saturated carbocycles. The lowest BCUT2D eigenvalue weighted by molar-refractivity contribution is -0.123. The standard InChI is InChI=1S/C18H26N2O4/c1-13(21)20(12-18(22)19-14-7-5-4-6-8-14)16-11-15(23-2)9-10-17(16)24-3/h9-11,14H,4-8,12H2,1-3H3,(H,19,22). The molecule has 0 saturated heterocycles. The summed E-state index contributed by atoms with van der Waals surface area (Å²) in [4.78, 5) is 25.9. The molecule has 0 spiro atoms. The van der Waals surface area contributed by atoms with Gasteiger partial charge in [-0.15, -0.1) is 0 Å². The summed E-state index contributed by atoms with van der Waals surface area (Å²) >= 11 is 0. The molecule has 1 fully saturated rings. The highest BCUT2D eigenvalue weighted by molar-refractivity contribution is 5.98. The van der Waals surface area contributed by atoms with Crippen LogP contribution >= 0.6 is 0 Å².